The summed E-state index contributed by atoms with van der Waals surface area (Å²) in [4.78, 5) is 27.8. The van der Waals surface area contributed by atoms with E-state index in [1.165, 1.54) is 0 Å². The number of rotatable bonds is 6. The van der Waals surface area contributed by atoms with Crippen LogP contribution in [0.4, 0.5) is 13.6 Å². The Hall–Kier alpha value is -2.64. The molecule has 1 heterocycles. The number of amides is 1. The Morgan fingerprint density at radius 3 is 2.26 bits per heavy atom. The van der Waals surface area contributed by atoms with Gasteiger partial charge in [0.05, 0.1) is 0 Å². The molecule has 6 nitrogen and oxygen atoms in total. The summed E-state index contributed by atoms with van der Waals surface area (Å²) >= 11 is 0. The fourth-order valence-electron chi connectivity index (χ4n) is 6.85. The van der Waals surface area contributed by atoms with E-state index in [-0.39, 0.29) is 13.0 Å². The van der Waals surface area contributed by atoms with Gasteiger partial charge < -0.3 is 19.8 Å². The van der Waals surface area contributed by atoms with Crippen molar-refractivity contribution in [3.05, 3.63) is 35.5 Å². The standard InChI is InChI=1S/C27H34F2N2O4/c1-25(2,3)35-24(33)30-9-8-20-19-6-4-5-7-21(19)31-22(20)27(28,29)23(32)34-26-13-16-10-17(14-26)12-18(11-16)15-26/h4-7,16-18,31H,8-15H2,1-3H3,(H,30,33). The van der Waals surface area contributed by atoms with Crippen molar-refractivity contribution in [1.82, 2.24) is 10.3 Å². The summed E-state index contributed by atoms with van der Waals surface area (Å²) in [5, 5.41) is 3.21. The van der Waals surface area contributed by atoms with Crippen LogP contribution in [0.15, 0.2) is 24.3 Å². The molecular formula is C27H34F2N2O4. The number of esters is 1. The van der Waals surface area contributed by atoms with Crippen molar-refractivity contribution in [2.75, 3.05) is 6.54 Å². The number of hydrogen-bond acceptors (Lipinski definition) is 4. The largest absolute Gasteiger partial charge is 0.454 e. The molecule has 0 saturated heterocycles. The first-order valence-corrected chi connectivity index (χ1v) is 12.6. The molecule has 0 unspecified atom stereocenters. The summed E-state index contributed by atoms with van der Waals surface area (Å²) in [5.74, 6) is -3.88. The molecule has 2 aromatic rings. The molecule has 0 radical (unpaired) electrons. The van der Waals surface area contributed by atoms with Crippen LogP contribution in [0.2, 0.25) is 0 Å². The van der Waals surface area contributed by atoms with E-state index in [1.54, 1.807) is 45.0 Å². The highest BCUT2D eigenvalue weighted by molar-refractivity contribution is 5.89. The number of carbonyl (C=O) groups is 2. The van der Waals surface area contributed by atoms with Gasteiger partial charge in [0, 0.05) is 17.4 Å². The summed E-state index contributed by atoms with van der Waals surface area (Å²) in [5.41, 5.74) is -1.07. The van der Waals surface area contributed by atoms with Gasteiger partial charge in [-0.1, -0.05) is 18.2 Å². The van der Waals surface area contributed by atoms with Gasteiger partial charge in [-0.15, -0.1) is 0 Å². The highest BCUT2D eigenvalue weighted by Gasteiger charge is 2.56. The molecule has 6 rings (SSSR count). The molecule has 0 atom stereocenters. The average molecular weight is 489 g/mol. The SMILES string of the molecule is CC(C)(C)OC(=O)NCCc1c(C(F)(F)C(=O)OC23CC4CC(CC(C4)C2)C3)[nH]c2ccccc12. The van der Waals surface area contributed by atoms with Crippen LogP contribution in [-0.4, -0.2) is 34.8 Å². The third-order valence-corrected chi connectivity index (χ3v) is 7.72. The van der Waals surface area contributed by atoms with Crippen molar-refractivity contribution in [2.45, 2.75) is 82.8 Å². The topological polar surface area (TPSA) is 80.4 Å². The van der Waals surface area contributed by atoms with Crippen molar-refractivity contribution in [1.29, 1.82) is 0 Å². The van der Waals surface area contributed by atoms with Crippen LogP contribution in [0, 0.1) is 17.8 Å². The van der Waals surface area contributed by atoms with Crippen molar-refractivity contribution in [2.24, 2.45) is 17.8 Å². The first-order valence-electron chi connectivity index (χ1n) is 12.6. The summed E-state index contributed by atoms with van der Waals surface area (Å²) in [7, 11) is 0. The van der Waals surface area contributed by atoms with E-state index in [4.69, 9.17) is 9.47 Å². The summed E-state index contributed by atoms with van der Waals surface area (Å²) in [6.45, 7) is 5.34. The number of halogens is 2. The monoisotopic (exact) mass is 488 g/mol. The molecule has 0 aliphatic heterocycles. The molecule has 1 aromatic carbocycles. The molecule has 8 heteroatoms. The molecule has 0 spiro atoms. The number of alkyl halides is 2. The summed E-state index contributed by atoms with van der Waals surface area (Å²) < 4.78 is 42.4. The van der Waals surface area contributed by atoms with Crippen LogP contribution in [0.25, 0.3) is 10.9 Å². The molecule has 190 valence electrons. The maximum Gasteiger partial charge on any atom is 0.407 e. The van der Waals surface area contributed by atoms with Crippen molar-refractivity contribution in [3.63, 3.8) is 0 Å². The number of carbonyl (C=O) groups excluding carboxylic acids is 2. The molecule has 1 amide bonds. The zero-order valence-corrected chi connectivity index (χ0v) is 20.6. The fraction of sp³-hybridized carbons (Fsp3) is 0.630. The Kier molecular flexibility index (Phi) is 5.84. The highest BCUT2D eigenvalue weighted by atomic mass is 19.3. The average Bonchev–Trinajstić information content (AvgIpc) is 3.10. The molecule has 4 fully saturated rings. The van der Waals surface area contributed by atoms with Crippen LogP contribution in [0.1, 0.15) is 70.6 Å². The molecule has 1 aromatic heterocycles. The first-order chi connectivity index (χ1) is 16.4. The fourth-order valence-corrected chi connectivity index (χ4v) is 6.85. The number of ether oxygens (including phenoxy) is 2. The number of H-pyrrole nitrogens is 1. The van der Waals surface area contributed by atoms with Gasteiger partial charge in [0.25, 0.3) is 0 Å². The van der Waals surface area contributed by atoms with Crippen LogP contribution < -0.4 is 5.32 Å². The van der Waals surface area contributed by atoms with Crippen LogP contribution in [0.5, 0.6) is 0 Å². The van der Waals surface area contributed by atoms with Crippen molar-refractivity contribution >= 4 is 23.0 Å². The van der Waals surface area contributed by atoms with Gasteiger partial charge in [-0.05, 0) is 95.1 Å². The quantitative estimate of drug-likeness (QED) is 0.501. The van der Waals surface area contributed by atoms with Crippen molar-refractivity contribution < 1.29 is 27.8 Å². The number of hydrogen-bond donors (Lipinski definition) is 2. The second-order valence-electron chi connectivity index (χ2n) is 11.8. The van der Waals surface area contributed by atoms with E-state index in [0.717, 1.165) is 19.3 Å². The lowest BCUT2D eigenvalue weighted by molar-refractivity contribution is -0.211. The molecule has 4 aliphatic rings. The molecule has 4 saturated carbocycles. The number of benzene rings is 1. The number of nitrogens with one attached hydrogen (secondary N) is 2. The second kappa shape index (κ2) is 8.49. The second-order valence-corrected chi connectivity index (χ2v) is 11.8. The number of aromatic amines is 1. The summed E-state index contributed by atoms with van der Waals surface area (Å²) in [6, 6.07) is 6.94. The maximum atomic E-state index is 15.7. The normalized spacial score (nSPS) is 27.7. The van der Waals surface area contributed by atoms with E-state index in [2.05, 4.69) is 10.3 Å². The van der Waals surface area contributed by atoms with Gasteiger partial charge in [0.15, 0.2) is 0 Å². The minimum atomic E-state index is -3.83. The van der Waals surface area contributed by atoms with Gasteiger partial charge in [-0.3, -0.25) is 0 Å². The maximum absolute atomic E-state index is 15.7. The predicted molar refractivity (Wildman–Crippen MR) is 127 cm³/mol. The van der Waals surface area contributed by atoms with E-state index >= 15 is 8.78 Å². The third-order valence-electron chi connectivity index (χ3n) is 7.72. The number of aromatic nitrogens is 1. The number of alkyl carbamates (subject to hydrolysis) is 1. The Bertz CT molecular complexity index is 1100. The predicted octanol–water partition coefficient (Wildman–Crippen LogP) is 5.84. The van der Waals surface area contributed by atoms with E-state index in [0.29, 0.717) is 53.5 Å². The Morgan fingerprint density at radius 1 is 1.06 bits per heavy atom. The smallest absolute Gasteiger partial charge is 0.407 e. The molecule has 35 heavy (non-hydrogen) atoms. The van der Waals surface area contributed by atoms with Gasteiger partial charge in [-0.2, -0.15) is 8.78 Å². The van der Waals surface area contributed by atoms with Gasteiger partial charge in [0.2, 0.25) is 0 Å². The Balaban J connectivity index is 1.36. The Morgan fingerprint density at radius 2 is 1.66 bits per heavy atom. The minimum Gasteiger partial charge on any atom is -0.454 e. The number of para-hydroxylation sites is 1. The third kappa shape index (κ3) is 4.76. The number of fused-ring (bicyclic) bond motifs is 1. The first kappa shape index (κ1) is 24.1. The van der Waals surface area contributed by atoms with Crippen LogP contribution >= 0.6 is 0 Å². The molecule has 2 N–H and O–H groups in total. The van der Waals surface area contributed by atoms with Crippen LogP contribution in [-0.2, 0) is 26.6 Å². The zero-order valence-electron chi connectivity index (χ0n) is 20.6. The van der Waals surface area contributed by atoms with Gasteiger partial charge in [0.1, 0.15) is 16.9 Å². The lowest BCUT2D eigenvalue weighted by Gasteiger charge is -2.55. The lowest BCUT2D eigenvalue weighted by Crippen LogP contribution is -2.54. The van der Waals surface area contributed by atoms with Gasteiger partial charge in [-0.25, -0.2) is 9.59 Å². The Labute approximate surface area is 204 Å². The highest BCUT2D eigenvalue weighted by Crippen LogP contribution is 2.57. The minimum absolute atomic E-state index is 0.0872. The lowest BCUT2D eigenvalue weighted by atomic mass is 9.54. The molecule has 4 bridgehead atoms. The summed E-state index contributed by atoms with van der Waals surface area (Å²) in [6.07, 6.45) is 4.96. The van der Waals surface area contributed by atoms with E-state index < -0.39 is 34.9 Å². The molecular weight excluding hydrogens is 454 g/mol. The van der Waals surface area contributed by atoms with Crippen LogP contribution in [0.3, 0.4) is 0 Å². The van der Waals surface area contributed by atoms with Crippen molar-refractivity contribution in [3.8, 4) is 0 Å². The molecule has 4 aliphatic carbocycles. The zero-order chi connectivity index (χ0) is 25.0. The van der Waals surface area contributed by atoms with Gasteiger partial charge >= 0.3 is 18.0 Å². The van der Waals surface area contributed by atoms with E-state index in [9.17, 15) is 9.59 Å². The van der Waals surface area contributed by atoms with E-state index in [1.807, 2.05) is 0 Å².